The first-order chi connectivity index (χ1) is 23.9. The first-order valence-corrected chi connectivity index (χ1v) is 15.0. The summed E-state index contributed by atoms with van der Waals surface area (Å²) in [6, 6.07) is 18.5. The molecule has 16 nitrogen and oxygen atoms in total. The zero-order valence-corrected chi connectivity index (χ0v) is 27.4. The third kappa shape index (κ3) is 8.29. The van der Waals surface area contributed by atoms with Crippen LogP contribution in [0.25, 0.3) is 16.6 Å². The number of aliphatic carboxylic acids is 3. The van der Waals surface area contributed by atoms with Gasteiger partial charge in [0.05, 0.1) is 30.2 Å². The molecule has 0 aliphatic carbocycles. The maximum absolute atomic E-state index is 13.7. The largest absolute Gasteiger partial charge is 0.497 e. The van der Waals surface area contributed by atoms with Crippen LogP contribution in [0, 0.1) is 12.8 Å². The van der Waals surface area contributed by atoms with Gasteiger partial charge in [-0.05, 0) is 56.4 Å². The fraction of sp³-hybridized carbons (Fsp3) is 0.206. The van der Waals surface area contributed by atoms with E-state index in [0.717, 1.165) is 5.39 Å². The van der Waals surface area contributed by atoms with Gasteiger partial charge < -0.3 is 35.4 Å². The molecule has 0 radical (unpaired) electrons. The molecule has 0 aliphatic rings. The summed E-state index contributed by atoms with van der Waals surface area (Å²) >= 11 is 0. The maximum atomic E-state index is 13.7. The summed E-state index contributed by atoms with van der Waals surface area (Å²) in [5.74, 6) is -3.79. The normalized spacial score (nSPS) is 11.8. The standard InChI is InChI=1S/C32H32N6O6.C2H2O4/c1-19(29(33-3)32(41)42)18-37-20(2)28(31(40)38(37)21-8-6-5-7-9-21)30(39)36-27-13-11-23(17-35-27)44-26-14-15-34-25-16-22(43-4)10-12-24(25)26;3-1(4)2(5)6/h5-17,19,29,33H,18H2,1-4H3,(H,41,42)(H,35,36,39);(H,3,4)(H,5,6)/t19?,29-;/m1./s1. The Morgan fingerprint density at radius 3 is 2.18 bits per heavy atom. The van der Waals surface area contributed by atoms with Crippen molar-refractivity contribution in [2.24, 2.45) is 5.92 Å². The predicted octanol–water partition coefficient (Wildman–Crippen LogP) is 3.41. The van der Waals surface area contributed by atoms with E-state index in [0.29, 0.717) is 34.1 Å². The summed E-state index contributed by atoms with van der Waals surface area (Å²) in [4.78, 5) is 65.8. The van der Waals surface area contributed by atoms with E-state index in [1.54, 1.807) is 81.3 Å². The fourth-order valence-corrected chi connectivity index (χ4v) is 5.12. The Hall–Kier alpha value is -6.55. The number of carbonyl (C=O) groups excluding carboxylic acids is 1. The number of rotatable bonds is 11. The monoisotopic (exact) mass is 686 g/mol. The molecule has 0 bridgehead atoms. The maximum Gasteiger partial charge on any atom is 0.414 e. The number of pyridine rings is 2. The van der Waals surface area contributed by atoms with Crippen molar-refractivity contribution in [3.63, 3.8) is 0 Å². The summed E-state index contributed by atoms with van der Waals surface area (Å²) in [7, 11) is 3.16. The quantitative estimate of drug-likeness (QED) is 0.126. The SMILES string of the molecule is CN[C@@H](C(=O)O)C(C)Cn1c(C)c(C(=O)Nc2ccc(Oc3ccnc4cc(OC)ccc34)cn2)c(=O)n1-c1ccccc1.O=C(O)C(=O)O. The fourth-order valence-electron chi connectivity index (χ4n) is 5.12. The molecule has 2 aromatic carbocycles. The predicted molar refractivity (Wildman–Crippen MR) is 180 cm³/mol. The number of carboxylic acids is 3. The van der Waals surface area contributed by atoms with E-state index in [-0.39, 0.29) is 17.9 Å². The molecule has 2 atom stereocenters. The Morgan fingerprint density at radius 1 is 0.920 bits per heavy atom. The Bertz CT molecular complexity index is 2060. The van der Waals surface area contributed by atoms with Gasteiger partial charge in [-0.1, -0.05) is 25.1 Å². The minimum Gasteiger partial charge on any atom is -0.497 e. The van der Waals surface area contributed by atoms with Gasteiger partial charge >= 0.3 is 17.9 Å². The van der Waals surface area contributed by atoms with Crippen molar-refractivity contribution in [2.45, 2.75) is 26.4 Å². The van der Waals surface area contributed by atoms with E-state index >= 15 is 0 Å². The number of methoxy groups -OCH3 is 1. The summed E-state index contributed by atoms with van der Waals surface area (Å²) in [5.41, 5.74) is 1.05. The first-order valence-electron chi connectivity index (χ1n) is 15.0. The highest BCUT2D eigenvalue weighted by molar-refractivity contribution is 6.27. The zero-order valence-electron chi connectivity index (χ0n) is 27.4. The van der Waals surface area contributed by atoms with Crippen molar-refractivity contribution in [2.75, 3.05) is 19.5 Å². The molecule has 5 rings (SSSR count). The molecule has 1 unspecified atom stereocenters. The second-order valence-corrected chi connectivity index (χ2v) is 10.8. The lowest BCUT2D eigenvalue weighted by Gasteiger charge is -2.23. The Labute approximate surface area is 284 Å². The van der Waals surface area contributed by atoms with Gasteiger partial charge in [0.15, 0.2) is 0 Å². The van der Waals surface area contributed by atoms with Crippen LogP contribution in [0.5, 0.6) is 17.2 Å². The highest BCUT2D eigenvalue weighted by atomic mass is 16.5. The van der Waals surface area contributed by atoms with Crippen LogP contribution in [0.3, 0.4) is 0 Å². The van der Waals surface area contributed by atoms with Crippen LogP contribution in [0.15, 0.2) is 83.9 Å². The smallest absolute Gasteiger partial charge is 0.414 e. The third-order valence-corrected chi connectivity index (χ3v) is 7.53. The molecule has 0 saturated heterocycles. The van der Waals surface area contributed by atoms with E-state index in [4.69, 9.17) is 29.3 Å². The van der Waals surface area contributed by atoms with Crippen molar-refractivity contribution in [1.29, 1.82) is 0 Å². The molecular weight excluding hydrogens is 652 g/mol. The van der Waals surface area contributed by atoms with E-state index < -0.39 is 41.3 Å². The van der Waals surface area contributed by atoms with Gasteiger partial charge in [-0.2, -0.15) is 0 Å². The number of anilines is 1. The number of carbonyl (C=O) groups is 4. The van der Waals surface area contributed by atoms with Crippen molar-refractivity contribution < 1.29 is 44.0 Å². The number of nitrogens with zero attached hydrogens (tertiary/aromatic N) is 4. The summed E-state index contributed by atoms with van der Waals surface area (Å²) in [5, 5.41) is 30.7. The first kappa shape index (κ1) is 36.3. The molecule has 0 aliphatic heterocycles. The van der Waals surface area contributed by atoms with Crippen LogP contribution in [0.2, 0.25) is 0 Å². The highest BCUT2D eigenvalue weighted by Crippen LogP contribution is 2.31. The number of para-hydroxylation sites is 1. The van der Waals surface area contributed by atoms with Crippen molar-refractivity contribution in [3.05, 3.63) is 101 Å². The van der Waals surface area contributed by atoms with E-state index in [1.165, 1.54) is 10.9 Å². The molecular formula is C34H34N6O10. The Balaban J connectivity index is 0.000000860. The Kier molecular flexibility index (Phi) is 11.6. The summed E-state index contributed by atoms with van der Waals surface area (Å²) in [6.07, 6.45) is 3.11. The molecule has 1 amide bonds. The van der Waals surface area contributed by atoms with Gasteiger partial charge in [0.25, 0.3) is 11.5 Å². The number of nitrogens with one attached hydrogen (secondary N) is 2. The number of amides is 1. The summed E-state index contributed by atoms with van der Waals surface area (Å²) in [6.45, 7) is 3.60. The molecule has 50 heavy (non-hydrogen) atoms. The number of hydrogen-bond acceptors (Lipinski definition) is 10. The van der Waals surface area contributed by atoms with Crippen LogP contribution in [-0.4, -0.2) is 78.7 Å². The number of fused-ring (bicyclic) bond motifs is 1. The van der Waals surface area contributed by atoms with E-state index in [2.05, 4.69) is 20.6 Å². The third-order valence-electron chi connectivity index (χ3n) is 7.53. The number of hydrogen-bond donors (Lipinski definition) is 5. The number of benzene rings is 2. The molecule has 0 fully saturated rings. The molecule has 5 N–H and O–H groups in total. The van der Waals surface area contributed by atoms with Crippen molar-refractivity contribution in [3.8, 4) is 22.9 Å². The second kappa shape index (κ2) is 16.0. The topological polar surface area (TPSA) is 224 Å². The van der Waals surface area contributed by atoms with Gasteiger partial charge in [0.2, 0.25) is 0 Å². The van der Waals surface area contributed by atoms with Crippen molar-refractivity contribution in [1.82, 2.24) is 24.6 Å². The minimum absolute atomic E-state index is 0.0711. The van der Waals surface area contributed by atoms with Crippen LogP contribution in [0.1, 0.15) is 23.0 Å². The van der Waals surface area contributed by atoms with Crippen LogP contribution >= 0.6 is 0 Å². The van der Waals surface area contributed by atoms with Gasteiger partial charge in [0, 0.05) is 30.1 Å². The molecule has 3 heterocycles. The van der Waals surface area contributed by atoms with Crippen LogP contribution < -0.4 is 25.7 Å². The average Bonchev–Trinajstić information content (AvgIpc) is 3.34. The lowest BCUT2D eigenvalue weighted by Crippen LogP contribution is -2.42. The lowest BCUT2D eigenvalue weighted by atomic mass is 10.0. The average molecular weight is 687 g/mol. The summed E-state index contributed by atoms with van der Waals surface area (Å²) < 4.78 is 14.3. The number of carboxylic acid groups (broad SMARTS) is 3. The molecule has 3 aromatic heterocycles. The minimum atomic E-state index is -1.82. The lowest BCUT2D eigenvalue weighted by molar-refractivity contribution is -0.159. The van der Waals surface area contributed by atoms with E-state index in [9.17, 15) is 19.5 Å². The molecule has 0 spiro atoms. The van der Waals surface area contributed by atoms with Crippen LogP contribution in [0.4, 0.5) is 5.82 Å². The van der Waals surface area contributed by atoms with E-state index in [1.807, 2.05) is 24.3 Å². The number of ether oxygens (including phenoxy) is 2. The molecule has 0 saturated carbocycles. The van der Waals surface area contributed by atoms with Crippen LogP contribution in [-0.2, 0) is 20.9 Å². The Morgan fingerprint density at radius 2 is 1.60 bits per heavy atom. The molecule has 260 valence electrons. The number of aromatic nitrogens is 4. The highest BCUT2D eigenvalue weighted by Gasteiger charge is 2.28. The molecule has 5 aromatic rings. The molecule has 16 heteroatoms. The zero-order chi connectivity index (χ0) is 36.5. The van der Waals surface area contributed by atoms with Gasteiger partial charge in [-0.25, -0.2) is 19.3 Å². The van der Waals surface area contributed by atoms with Gasteiger partial charge in [-0.15, -0.1) is 0 Å². The van der Waals surface area contributed by atoms with Gasteiger partial charge in [-0.3, -0.25) is 24.0 Å². The van der Waals surface area contributed by atoms with Gasteiger partial charge in [0.1, 0.15) is 34.7 Å². The number of likely N-dealkylation sites (N-methyl/N-ethyl adjacent to an activating group) is 1. The van der Waals surface area contributed by atoms with Crippen molar-refractivity contribution >= 4 is 40.5 Å². The second-order valence-electron chi connectivity index (χ2n) is 10.8.